The van der Waals surface area contributed by atoms with E-state index in [1.54, 1.807) is 16.8 Å². The van der Waals surface area contributed by atoms with E-state index in [2.05, 4.69) is 5.10 Å². The van der Waals surface area contributed by atoms with Crippen LogP contribution in [0.2, 0.25) is 9.36 Å². The summed E-state index contributed by atoms with van der Waals surface area (Å²) in [5.41, 5.74) is 2.73. The fourth-order valence-electron chi connectivity index (χ4n) is 2.96. The molecule has 28 heavy (non-hydrogen) atoms. The number of rotatable bonds is 5. The summed E-state index contributed by atoms with van der Waals surface area (Å²) in [6, 6.07) is 16.7. The summed E-state index contributed by atoms with van der Waals surface area (Å²) in [6.07, 6.45) is 2.36. The minimum Gasteiger partial charge on any atom is -0.323 e. The van der Waals surface area contributed by atoms with E-state index in [1.807, 2.05) is 48.5 Å². The van der Waals surface area contributed by atoms with Gasteiger partial charge in [-0.1, -0.05) is 35.3 Å². The molecule has 0 saturated heterocycles. The van der Waals surface area contributed by atoms with Gasteiger partial charge in [0.25, 0.3) is 5.56 Å². The monoisotopic (exact) mass is 430 g/mol. The third kappa shape index (κ3) is 3.99. The van der Waals surface area contributed by atoms with E-state index in [1.165, 1.54) is 16.1 Å². The topological polar surface area (TPSA) is 65.8 Å². The lowest BCUT2D eigenvalue weighted by atomic mass is 10.1. The first-order valence-corrected chi connectivity index (χ1v) is 10.1. The molecule has 0 spiro atoms. The molecular weight excluding hydrogens is 415 g/mol. The quantitative estimate of drug-likeness (QED) is 0.476. The van der Waals surface area contributed by atoms with Gasteiger partial charge in [-0.2, -0.15) is 9.89 Å². The predicted octanol–water partition coefficient (Wildman–Crippen LogP) is 4.43. The van der Waals surface area contributed by atoms with Gasteiger partial charge in [0.15, 0.2) is 0 Å². The first-order valence-electron chi connectivity index (χ1n) is 8.52. The van der Waals surface area contributed by atoms with Crippen molar-refractivity contribution in [2.24, 2.45) is 0 Å². The number of pyridine rings is 1. The highest BCUT2D eigenvalue weighted by Gasteiger charge is 2.14. The van der Waals surface area contributed by atoms with Crippen LogP contribution in [0.1, 0.15) is 16.1 Å². The van der Waals surface area contributed by atoms with Gasteiger partial charge in [-0.3, -0.25) is 4.79 Å². The number of benzene rings is 1. The molecule has 0 bridgehead atoms. The molecule has 0 aliphatic carbocycles. The van der Waals surface area contributed by atoms with Gasteiger partial charge in [-0.25, -0.2) is 0 Å². The second kappa shape index (κ2) is 7.83. The van der Waals surface area contributed by atoms with Gasteiger partial charge in [0.05, 0.1) is 22.1 Å². The van der Waals surface area contributed by atoms with Gasteiger partial charge in [0, 0.05) is 22.5 Å². The van der Waals surface area contributed by atoms with E-state index in [0.717, 1.165) is 20.5 Å². The standard InChI is InChI=1S/C20H16Cl2N4OS/c21-14-5-3-13(4-6-14)12-25-9-1-2-17(20(25)27)18-11-15(26(23)24-18)10-16-7-8-19(22)28-16/h1-9,11H,10,12,23H2. The first-order chi connectivity index (χ1) is 13.5. The molecule has 1 aromatic carbocycles. The molecule has 5 nitrogen and oxygen atoms in total. The van der Waals surface area contributed by atoms with Gasteiger partial charge in [-0.15, -0.1) is 11.3 Å². The van der Waals surface area contributed by atoms with Crippen LogP contribution in [-0.2, 0) is 13.0 Å². The second-order valence-electron chi connectivity index (χ2n) is 6.33. The molecular formula is C20H16Cl2N4OS. The van der Waals surface area contributed by atoms with Crippen LogP contribution in [0.15, 0.2) is 65.6 Å². The Morgan fingerprint density at radius 1 is 1.07 bits per heavy atom. The minimum absolute atomic E-state index is 0.124. The third-order valence-corrected chi connectivity index (χ3v) is 5.84. The highest BCUT2D eigenvalue weighted by molar-refractivity contribution is 7.16. The third-order valence-electron chi connectivity index (χ3n) is 4.36. The molecule has 142 valence electrons. The summed E-state index contributed by atoms with van der Waals surface area (Å²) < 4.78 is 2.37. The molecule has 3 aromatic heterocycles. The van der Waals surface area contributed by atoms with Crippen LogP contribution >= 0.6 is 34.5 Å². The Balaban J connectivity index is 1.63. The van der Waals surface area contributed by atoms with E-state index < -0.39 is 0 Å². The Labute approximate surface area is 175 Å². The highest BCUT2D eigenvalue weighted by Crippen LogP contribution is 2.25. The van der Waals surface area contributed by atoms with Crippen molar-refractivity contribution < 1.29 is 0 Å². The molecule has 0 unspecified atom stereocenters. The fourth-order valence-corrected chi connectivity index (χ4v) is 4.19. The largest absolute Gasteiger partial charge is 0.323 e. The maximum absolute atomic E-state index is 13.0. The number of nitrogens with zero attached hydrogens (tertiary/aromatic N) is 3. The van der Waals surface area contributed by atoms with Gasteiger partial charge < -0.3 is 10.4 Å². The van der Waals surface area contributed by atoms with Crippen molar-refractivity contribution in [3.05, 3.63) is 96.6 Å². The Hall–Kier alpha value is -2.54. The SMILES string of the molecule is Nn1nc(-c2cccn(Cc3ccc(Cl)cc3)c2=O)cc1Cc1ccc(Cl)s1. The fraction of sp³-hybridized carbons (Fsp3) is 0.100. The number of nitrogen functional groups attached to an aromatic ring is 1. The van der Waals surface area contributed by atoms with E-state index in [4.69, 9.17) is 29.0 Å². The maximum atomic E-state index is 13.0. The zero-order chi connectivity index (χ0) is 19.7. The number of thiophene rings is 1. The molecule has 3 heterocycles. The van der Waals surface area contributed by atoms with Crippen molar-refractivity contribution in [3.8, 4) is 11.3 Å². The smallest absolute Gasteiger partial charge is 0.260 e. The summed E-state index contributed by atoms with van der Waals surface area (Å²) >= 11 is 13.4. The summed E-state index contributed by atoms with van der Waals surface area (Å²) in [6.45, 7) is 0.452. The van der Waals surface area contributed by atoms with Gasteiger partial charge in [0.2, 0.25) is 0 Å². The van der Waals surface area contributed by atoms with Crippen LogP contribution in [0.5, 0.6) is 0 Å². The van der Waals surface area contributed by atoms with Crippen LogP contribution in [-0.4, -0.2) is 14.5 Å². The number of nitrogens with two attached hydrogens (primary N) is 1. The number of halogens is 2. The summed E-state index contributed by atoms with van der Waals surface area (Å²) in [5.74, 6) is 6.02. The maximum Gasteiger partial charge on any atom is 0.260 e. The Bertz CT molecular complexity index is 1180. The zero-order valence-corrected chi connectivity index (χ0v) is 17.0. The lowest BCUT2D eigenvalue weighted by Crippen LogP contribution is -2.21. The van der Waals surface area contributed by atoms with Crippen molar-refractivity contribution in [1.29, 1.82) is 0 Å². The average molecular weight is 431 g/mol. The minimum atomic E-state index is -0.124. The van der Waals surface area contributed by atoms with Crippen molar-refractivity contribution >= 4 is 34.5 Å². The molecule has 0 atom stereocenters. The molecule has 8 heteroatoms. The molecule has 0 saturated carbocycles. The average Bonchev–Trinajstić information content (AvgIpc) is 3.24. The summed E-state index contributed by atoms with van der Waals surface area (Å²) in [7, 11) is 0. The predicted molar refractivity (Wildman–Crippen MR) is 115 cm³/mol. The Kier molecular flexibility index (Phi) is 5.26. The number of hydrogen-bond donors (Lipinski definition) is 1. The van der Waals surface area contributed by atoms with Crippen molar-refractivity contribution in [2.45, 2.75) is 13.0 Å². The van der Waals surface area contributed by atoms with Crippen molar-refractivity contribution in [2.75, 3.05) is 5.84 Å². The lowest BCUT2D eigenvalue weighted by Gasteiger charge is -2.07. The second-order valence-corrected chi connectivity index (χ2v) is 8.57. The van der Waals surface area contributed by atoms with E-state index >= 15 is 0 Å². The van der Waals surface area contributed by atoms with E-state index in [9.17, 15) is 4.79 Å². The molecule has 0 aliphatic rings. The Morgan fingerprint density at radius 3 is 2.57 bits per heavy atom. The lowest BCUT2D eigenvalue weighted by molar-refractivity contribution is 0.757. The van der Waals surface area contributed by atoms with Crippen LogP contribution in [0.3, 0.4) is 0 Å². The highest BCUT2D eigenvalue weighted by atomic mass is 35.5. The Morgan fingerprint density at radius 2 is 1.86 bits per heavy atom. The van der Waals surface area contributed by atoms with Crippen LogP contribution in [0.4, 0.5) is 0 Å². The van der Waals surface area contributed by atoms with Gasteiger partial charge >= 0.3 is 0 Å². The zero-order valence-electron chi connectivity index (χ0n) is 14.7. The van der Waals surface area contributed by atoms with Crippen molar-refractivity contribution in [1.82, 2.24) is 14.5 Å². The van der Waals surface area contributed by atoms with Crippen molar-refractivity contribution in [3.63, 3.8) is 0 Å². The molecule has 0 aliphatic heterocycles. The molecule has 0 radical (unpaired) electrons. The van der Waals surface area contributed by atoms with Gasteiger partial charge in [0.1, 0.15) is 5.69 Å². The van der Waals surface area contributed by atoms with E-state index in [-0.39, 0.29) is 5.56 Å². The molecule has 4 rings (SSSR count). The van der Waals surface area contributed by atoms with Crippen LogP contribution < -0.4 is 11.4 Å². The summed E-state index contributed by atoms with van der Waals surface area (Å²) in [5, 5.41) is 5.00. The molecule has 0 fully saturated rings. The van der Waals surface area contributed by atoms with Crippen LogP contribution in [0, 0.1) is 0 Å². The van der Waals surface area contributed by atoms with Crippen LogP contribution in [0.25, 0.3) is 11.3 Å². The molecule has 0 amide bonds. The van der Waals surface area contributed by atoms with E-state index in [0.29, 0.717) is 29.2 Å². The first kappa shape index (κ1) is 18.8. The molecule has 2 N–H and O–H groups in total. The normalized spacial score (nSPS) is 11.1. The number of hydrogen-bond acceptors (Lipinski definition) is 4. The summed E-state index contributed by atoms with van der Waals surface area (Å²) in [4.78, 5) is 15.4. The van der Waals surface area contributed by atoms with Gasteiger partial charge in [-0.05, 0) is 48.0 Å². The molecule has 4 aromatic rings. The number of aromatic nitrogens is 3.